The van der Waals surface area contributed by atoms with Crippen molar-refractivity contribution in [1.82, 2.24) is 9.21 Å². The zero-order valence-corrected chi connectivity index (χ0v) is 15.1. The van der Waals surface area contributed by atoms with Crippen LogP contribution in [-0.2, 0) is 10.0 Å². The van der Waals surface area contributed by atoms with Gasteiger partial charge in [-0.25, -0.2) is 8.42 Å². The van der Waals surface area contributed by atoms with Gasteiger partial charge in [-0.1, -0.05) is 24.3 Å². The zero-order chi connectivity index (χ0) is 17.2. The summed E-state index contributed by atoms with van der Waals surface area (Å²) in [6.07, 6.45) is 0. The molecule has 5 nitrogen and oxygen atoms in total. The second-order valence-electron chi connectivity index (χ2n) is 5.75. The van der Waals surface area contributed by atoms with Gasteiger partial charge in [0.05, 0.1) is 11.0 Å². The maximum absolute atomic E-state index is 12.8. The number of hydrogen-bond donors (Lipinski definition) is 0. The summed E-state index contributed by atoms with van der Waals surface area (Å²) in [5.74, 6) is 0. The van der Waals surface area contributed by atoms with Crippen LogP contribution in [0.2, 0.25) is 0 Å². The number of benzene rings is 1. The minimum atomic E-state index is -3.48. The zero-order valence-electron chi connectivity index (χ0n) is 13.4. The Balaban J connectivity index is 1.73. The minimum Gasteiger partial charge on any atom is -0.281 e. The largest absolute Gasteiger partial charge is 0.281 e. The fourth-order valence-corrected chi connectivity index (χ4v) is 5.41. The van der Waals surface area contributed by atoms with Gasteiger partial charge in [0.25, 0.3) is 0 Å². The third-order valence-electron chi connectivity index (χ3n) is 4.28. The molecule has 3 rings (SSSR count). The SMILES string of the molecule is Cc1ccccc1S(=O)(=O)N1CCN(C(C#N)c2cccs2)CC1. The predicted octanol–water partition coefficient (Wildman–Crippen LogP) is 2.63. The van der Waals surface area contributed by atoms with Crippen molar-refractivity contribution in [2.24, 2.45) is 0 Å². The van der Waals surface area contributed by atoms with Gasteiger partial charge in [-0.2, -0.15) is 9.57 Å². The van der Waals surface area contributed by atoms with Gasteiger partial charge in [0.15, 0.2) is 0 Å². The molecule has 0 spiro atoms. The van der Waals surface area contributed by atoms with Crippen molar-refractivity contribution in [1.29, 1.82) is 5.26 Å². The monoisotopic (exact) mass is 361 g/mol. The topological polar surface area (TPSA) is 64.4 Å². The summed E-state index contributed by atoms with van der Waals surface area (Å²) in [5, 5.41) is 11.4. The van der Waals surface area contributed by atoms with Crippen LogP contribution in [0.4, 0.5) is 0 Å². The lowest BCUT2D eigenvalue weighted by Crippen LogP contribution is -2.49. The Hall–Kier alpha value is -1.72. The van der Waals surface area contributed by atoms with Crippen molar-refractivity contribution in [2.45, 2.75) is 17.9 Å². The molecule has 1 fully saturated rings. The lowest BCUT2D eigenvalue weighted by atomic mass is 10.2. The normalized spacial score (nSPS) is 18.2. The predicted molar refractivity (Wildman–Crippen MR) is 94.2 cm³/mol. The average molecular weight is 361 g/mol. The molecule has 7 heteroatoms. The highest BCUT2D eigenvalue weighted by molar-refractivity contribution is 7.89. The Bertz CT molecular complexity index is 833. The Labute approximate surface area is 146 Å². The molecule has 0 radical (unpaired) electrons. The summed E-state index contributed by atoms with van der Waals surface area (Å²) in [7, 11) is -3.48. The number of nitrogens with zero attached hydrogens (tertiary/aromatic N) is 3. The van der Waals surface area contributed by atoms with Crippen molar-refractivity contribution in [3.63, 3.8) is 0 Å². The molecule has 1 aliphatic rings. The smallest absolute Gasteiger partial charge is 0.243 e. The van der Waals surface area contributed by atoms with Gasteiger partial charge in [0.2, 0.25) is 10.0 Å². The maximum Gasteiger partial charge on any atom is 0.243 e. The first-order chi connectivity index (χ1) is 11.5. The molecule has 1 aliphatic heterocycles. The van der Waals surface area contributed by atoms with Crippen LogP contribution in [0, 0.1) is 18.3 Å². The summed E-state index contributed by atoms with van der Waals surface area (Å²) in [6, 6.07) is 13.0. The van der Waals surface area contributed by atoms with E-state index in [0.717, 1.165) is 10.4 Å². The van der Waals surface area contributed by atoms with Gasteiger partial charge < -0.3 is 0 Å². The highest BCUT2D eigenvalue weighted by atomic mass is 32.2. The average Bonchev–Trinajstić information content (AvgIpc) is 3.10. The highest BCUT2D eigenvalue weighted by Gasteiger charge is 2.32. The molecule has 1 aromatic carbocycles. The number of piperazine rings is 1. The van der Waals surface area contributed by atoms with Gasteiger partial charge in [0.1, 0.15) is 6.04 Å². The molecule has 0 N–H and O–H groups in total. The molecule has 24 heavy (non-hydrogen) atoms. The van der Waals surface area contributed by atoms with Crippen LogP contribution in [0.1, 0.15) is 16.5 Å². The quantitative estimate of drug-likeness (QED) is 0.840. The molecule has 1 atom stereocenters. The third-order valence-corrected chi connectivity index (χ3v) is 7.27. The molecule has 2 aromatic rings. The highest BCUT2D eigenvalue weighted by Crippen LogP contribution is 2.27. The van der Waals surface area contributed by atoms with E-state index in [9.17, 15) is 13.7 Å². The number of nitriles is 1. The molecule has 0 bridgehead atoms. The molecular formula is C17H19N3O2S2. The van der Waals surface area contributed by atoms with Gasteiger partial charge in [-0.3, -0.25) is 4.90 Å². The van der Waals surface area contributed by atoms with E-state index in [4.69, 9.17) is 0 Å². The molecule has 0 amide bonds. The molecule has 126 valence electrons. The van der Waals surface area contributed by atoms with Crippen LogP contribution in [-0.4, -0.2) is 43.8 Å². The molecule has 2 heterocycles. The van der Waals surface area contributed by atoms with E-state index in [1.165, 1.54) is 4.31 Å². The molecular weight excluding hydrogens is 342 g/mol. The summed E-state index contributed by atoms with van der Waals surface area (Å²) >= 11 is 1.56. The Morgan fingerprint density at radius 2 is 1.83 bits per heavy atom. The maximum atomic E-state index is 12.8. The standard InChI is InChI=1S/C17H19N3O2S2/c1-14-5-2-3-7-17(14)24(21,22)20-10-8-19(9-11-20)15(13-18)16-6-4-12-23-16/h2-7,12,15H,8-11H2,1H3. The first kappa shape index (κ1) is 17.1. The third kappa shape index (κ3) is 3.23. The summed E-state index contributed by atoms with van der Waals surface area (Å²) < 4.78 is 27.2. The van der Waals surface area contributed by atoms with E-state index in [2.05, 4.69) is 11.0 Å². The van der Waals surface area contributed by atoms with Gasteiger partial charge in [-0.15, -0.1) is 11.3 Å². The summed E-state index contributed by atoms with van der Waals surface area (Å²) in [5.41, 5.74) is 0.758. The molecule has 0 aliphatic carbocycles. The molecule has 1 saturated heterocycles. The lowest BCUT2D eigenvalue weighted by molar-refractivity contribution is 0.164. The molecule has 0 saturated carbocycles. The Morgan fingerprint density at radius 1 is 1.12 bits per heavy atom. The van der Waals surface area contributed by atoms with E-state index in [0.29, 0.717) is 31.1 Å². The van der Waals surface area contributed by atoms with Crippen LogP contribution in [0.15, 0.2) is 46.7 Å². The summed E-state index contributed by atoms with van der Waals surface area (Å²) in [4.78, 5) is 3.43. The summed E-state index contributed by atoms with van der Waals surface area (Å²) in [6.45, 7) is 3.73. The van der Waals surface area contributed by atoms with Crippen molar-refractivity contribution >= 4 is 21.4 Å². The fourth-order valence-electron chi connectivity index (χ4n) is 2.96. The number of thiophene rings is 1. The van der Waals surface area contributed by atoms with Gasteiger partial charge >= 0.3 is 0 Å². The van der Waals surface area contributed by atoms with Crippen molar-refractivity contribution < 1.29 is 8.42 Å². The van der Waals surface area contributed by atoms with Crippen LogP contribution in [0.3, 0.4) is 0 Å². The molecule has 1 unspecified atom stereocenters. The number of hydrogen-bond acceptors (Lipinski definition) is 5. The van der Waals surface area contributed by atoms with Crippen LogP contribution in [0.5, 0.6) is 0 Å². The Kier molecular flexibility index (Phi) is 5.01. The van der Waals surface area contributed by atoms with Crippen molar-refractivity contribution in [3.8, 4) is 6.07 Å². The van der Waals surface area contributed by atoms with E-state index in [1.807, 2.05) is 36.6 Å². The van der Waals surface area contributed by atoms with Crippen molar-refractivity contribution in [2.75, 3.05) is 26.2 Å². The Morgan fingerprint density at radius 3 is 2.42 bits per heavy atom. The first-order valence-corrected chi connectivity index (χ1v) is 10.1. The fraction of sp³-hybridized carbons (Fsp3) is 0.353. The van der Waals surface area contributed by atoms with Crippen molar-refractivity contribution in [3.05, 3.63) is 52.2 Å². The van der Waals surface area contributed by atoms with E-state index in [1.54, 1.807) is 23.5 Å². The second-order valence-corrected chi connectivity index (χ2v) is 8.64. The first-order valence-electron chi connectivity index (χ1n) is 7.77. The van der Waals surface area contributed by atoms with Crippen LogP contribution < -0.4 is 0 Å². The number of rotatable bonds is 4. The number of sulfonamides is 1. The van der Waals surface area contributed by atoms with Crippen LogP contribution >= 0.6 is 11.3 Å². The van der Waals surface area contributed by atoms with Gasteiger partial charge in [0, 0.05) is 31.1 Å². The van der Waals surface area contributed by atoms with E-state index in [-0.39, 0.29) is 6.04 Å². The minimum absolute atomic E-state index is 0.298. The molecule has 1 aromatic heterocycles. The second kappa shape index (κ2) is 7.03. The lowest BCUT2D eigenvalue weighted by Gasteiger charge is -2.36. The van der Waals surface area contributed by atoms with Gasteiger partial charge in [-0.05, 0) is 30.0 Å². The van der Waals surface area contributed by atoms with Crippen LogP contribution in [0.25, 0.3) is 0 Å². The number of aryl methyl sites for hydroxylation is 1. The van der Waals surface area contributed by atoms with E-state index >= 15 is 0 Å². The van der Waals surface area contributed by atoms with E-state index < -0.39 is 10.0 Å².